The van der Waals surface area contributed by atoms with Crippen LogP contribution in [0.2, 0.25) is 0 Å². The summed E-state index contributed by atoms with van der Waals surface area (Å²) in [6.45, 7) is 6.79. The fourth-order valence-corrected chi connectivity index (χ4v) is 1.88. The summed E-state index contributed by atoms with van der Waals surface area (Å²) in [6.07, 6.45) is 0. The first-order valence-corrected chi connectivity index (χ1v) is 6.24. The van der Waals surface area contributed by atoms with Gasteiger partial charge in [-0.3, -0.25) is 0 Å². The molecule has 2 aromatic rings. The van der Waals surface area contributed by atoms with Gasteiger partial charge in [0.1, 0.15) is 0 Å². The van der Waals surface area contributed by atoms with Crippen molar-refractivity contribution in [3.63, 3.8) is 0 Å². The van der Waals surface area contributed by atoms with E-state index in [-0.39, 0.29) is 0 Å². The summed E-state index contributed by atoms with van der Waals surface area (Å²) >= 11 is 0. The quantitative estimate of drug-likeness (QED) is 0.879. The molecule has 0 aliphatic carbocycles. The van der Waals surface area contributed by atoms with Crippen molar-refractivity contribution in [3.8, 4) is 0 Å². The minimum Gasteiger partial charge on any atom is -0.424 e. The van der Waals surface area contributed by atoms with Gasteiger partial charge in [-0.1, -0.05) is 37.3 Å². The third-order valence-electron chi connectivity index (χ3n) is 3.22. The summed E-state index contributed by atoms with van der Waals surface area (Å²) in [4.78, 5) is 0. The van der Waals surface area contributed by atoms with Gasteiger partial charge in [0.25, 0.3) is 0 Å². The average molecular weight is 245 g/mol. The highest BCUT2D eigenvalue weighted by Crippen LogP contribution is 2.18. The van der Waals surface area contributed by atoms with E-state index in [1.807, 2.05) is 6.07 Å². The molecule has 1 aromatic heterocycles. The Hall–Kier alpha value is -1.68. The van der Waals surface area contributed by atoms with Crippen molar-refractivity contribution in [2.45, 2.75) is 39.3 Å². The number of benzene rings is 1. The van der Waals surface area contributed by atoms with E-state index in [1.165, 1.54) is 5.56 Å². The van der Waals surface area contributed by atoms with E-state index in [4.69, 9.17) is 4.42 Å². The van der Waals surface area contributed by atoms with E-state index in [1.54, 1.807) is 6.92 Å². The second-order valence-electron chi connectivity index (χ2n) is 4.58. The van der Waals surface area contributed by atoms with Crippen LogP contribution in [0.5, 0.6) is 0 Å². The highest BCUT2D eigenvalue weighted by Gasteiger charge is 2.14. The van der Waals surface area contributed by atoms with E-state index in [9.17, 15) is 0 Å². The molecule has 96 valence electrons. The Balaban J connectivity index is 1.90. The molecular formula is C14H19N3O. The summed E-state index contributed by atoms with van der Waals surface area (Å²) < 4.78 is 5.33. The smallest absolute Gasteiger partial charge is 0.230 e. The predicted molar refractivity (Wildman–Crippen MR) is 70.2 cm³/mol. The van der Waals surface area contributed by atoms with Crippen LogP contribution in [0.1, 0.15) is 37.1 Å². The molecule has 1 N–H and O–H groups in total. The molecule has 0 fully saturated rings. The third-order valence-corrected chi connectivity index (χ3v) is 3.22. The number of nitrogens with one attached hydrogen (secondary N) is 1. The largest absolute Gasteiger partial charge is 0.424 e. The van der Waals surface area contributed by atoms with Crippen LogP contribution in [0, 0.1) is 6.92 Å². The third kappa shape index (κ3) is 3.17. The van der Waals surface area contributed by atoms with Crippen molar-refractivity contribution in [3.05, 3.63) is 47.7 Å². The molecule has 0 aliphatic rings. The van der Waals surface area contributed by atoms with Crippen LogP contribution >= 0.6 is 0 Å². The normalized spacial score (nSPS) is 14.4. The Morgan fingerprint density at radius 1 is 1.17 bits per heavy atom. The minimum atomic E-state index is 0.347. The lowest BCUT2D eigenvalue weighted by Gasteiger charge is -2.21. The Labute approximate surface area is 107 Å². The second-order valence-corrected chi connectivity index (χ2v) is 4.58. The second kappa shape index (κ2) is 5.78. The Kier molecular flexibility index (Phi) is 4.10. The first-order valence-electron chi connectivity index (χ1n) is 6.24. The Morgan fingerprint density at radius 2 is 1.89 bits per heavy atom. The van der Waals surface area contributed by atoms with Gasteiger partial charge in [0.2, 0.25) is 11.8 Å². The lowest BCUT2D eigenvalue weighted by molar-refractivity contribution is 0.409. The van der Waals surface area contributed by atoms with Crippen molar-refractivity contribution < 1.29 is 4.42 Å². The first kappa shape index (κ1) is 12.8. The molecule has 0 aliphatic heterocycles. The van der Waals surface area contributed by atoms with Crippen LogP contribution in [-0.2, 0) is 6.54 Å². The zero-order valence-electron chi connectivity index (χ0n) is 11.1. The van der Waals surface area contributed by atoms with E-state index >= 15 is 0 Å². The van der Waals surface area contributed by atoms with Gasteiger partial charge in [-0.2, -0.15) is 0 Å². The topological polar surface area (TPSA) is 51.0 Å². The molecule has 0 unspecified atom stereocenters. The zero-order valence-corrected chi connectivity index (χ0v) is 11.1. The maximum Gasteiger partial charge on any atom is 0.230 e. The first-order chi connectivity index (χ1) is 8.66. The maximum absolute atomic E-state index is 5.33. The van der Waals surface area contributed by atoms with Crippen LogP contribution in [0.4, 0.5) is 0 Å². The fourth-order valence-electron chi connectivity index (χ4n) is 1.88. The van der Waals surface area contributed by atoms with E-state index < -0.39 is 0 Å². The van der Waals surface area contributed by atoms with Crippen LogP contribution in [0.25, 0.3) is 0 Å². The van der Waals surface area contributed by atoms with E-state index in [0.717, 1.165) is 0 Å². The molecule has 0 spiro atoms. The molecule has 4 nitrogen and oxygen atoms in total. The molecule has 0 saturated carbocycles. The zero-order chi connectivity index (χ0) is 13.0. The standard InChI is InChI=1S/C14H19N3O/c1-10(13-7-5-4-6-8-13)11(2)15-9-14-17-16-12(3)18-14/h4-8,10-11,15H,9H2,1-3H3/t10-,11-/m0/s1. The van der Waals surface area contributed by atoms with Gasteiger partial charge in [0.05, 0.1) is 6.54 Å². The number of hydrogen-bond acceptors (Lipinski definition) is 4. The lowest BCUT2D eigenvalue weighted by Crippen LogP contribution is -2.30. The van der Waals surface area contributed by atoms with Crippen molar-refractivity contribution in [1.29, 1.82) is 0 Å². The summed E-state index contributed by atoms with van der Waals surface area (Å²) in [7, 11) is 0. The average Bonchev–Trinajstić information content (AvgIpc) is 2.82. The van der Waals surface area contributed by atoms with Gasteiger partial charge in [-0.15, -0.1) is 10.2 Å². The van der Waals surface area contributed by atoms with Crippen molar-refractivity contribution in [1.82, 2.24) is 15.5 Å². The van der Waals surface area contributed by atoms with Gasteiger partial charge in [0.15, 0.2) is 0 Å². The molecule has 0 saturated heterocycles. The molecule has 1 aromatic carbocycles. The molecule has 2 atom stereocenters. The summed E-state index contributed by atoms with van der Waals surface area (Å²) in [5, 5.41) is 11.2. The number of hydrogen-bond donors (Lipinski definition) is 1. The Morgan fingerprint density at radius 3 is 2.50 bits per heavy atom. The molecule has 2 rings (SSSR count). The van der Waals surface area contributed by atoms with Gasteiger partial charge in [-0.05, 0) is 18.4 Å². The SMILES string of the molecule is Cc1nnc(CN[C@@H](C)[C@H](C)c2ccccc2)o1. The number of aromatic nitrogens is 2. The van der Waals surface area contributed by atoms with Crippen LogP contribution in [0.15, 0.2) is 34.7 Å². The predicted octanol–water partition coefficient (Wildman–Crippen LogP) is 2.66. The van der Waals surface area contributed by atoms with Crippen LogP contribution in [0.3, 0.4) is 0 Å². The summed E-state index contributed by atoms with van der Waals surface area (Å²) in [5.41, 5.74) is 1.33. The van der Waals surface area contributed by atoms with Gasteiger partial charge >= 0.3 is 0 Å². The number of aryl methyl sites for hydroxylation is 1. The monoisotopic (exact) mass is 245 g/mol. The fraction of sp³-hybridized carbons (Fsp3) is 0.429. The van der Waals surface area contributed by atoms with E-state index in [0.29, 0.717) is 30.3 Å². The molecule has 0 amide bonds. The molecule has 0 bridgehead atoms. The number of nitrogens with zero attached hydrogens (tertiary/aromatic N) is 2. The number of rotatable bonds is 5. The van der Waals surface area contributed by atoms with Gasteiger partial charge in [-0.25, -0.2) is 0 Å². The molecular weight excluding hydrogens is 226 g/mol. The van der Waals surface area contributed by atoms with Crippen molar-refractivity contribution >= 4 is 0 Å². The van der Waals surface area contributed by atoms with E-state index in [2.05, 4.69) is 53.6 Å². The molecule has 0 radical (unpaired) electrons. The highest BCUT2D eigenvalue weighted by atomic mass is 16.4. The summed E-state index contributed by atoms with van der Waals surface area (Å²) in [6, 6.07) is 10.8. The van der Waals surface area contributed by atoms with Gasteiger partial charge < -0.3 is 9.73 Å². The van der Waals surface area contributed by atoms with Crippen molar-refractivity contribution in [2.24, 2.45) is 0 Å². The summed E-state index contributed by atoms with van der Waals surface area (Å²) in [5.74, 6) is 1.69. The van der Waals surface area contributed by atoms with Gasteiger partial charge in [0, 0.05) is 13.0 Å². The highest BCUT2D eigenvalue weighted by molar-refractivity contribution is 5.20. The Bertz CT molecular complexity index is 481. The minimum absolute atomic E-state index is 0.347. The lowest BCUT2D eigenvalue weighted by atomic mass is 9.94. The van der Waals surface area contributed by atoms with Crippen LogP contribution < -0.4 is 5.32 Å². The molecule has 1 heterocycles. The maximum atomic E-state index is 5.33. The molecule has 18 heavy (non-hydrogen) atoms. The molecule has 4 heteroatoms. The van der Waals surface area contributed by atoms with Crippen molar-refractivity contribution in [2.75, 3.05) is 0 Å². The van der Waals surface area contributed by atoms with Crippen LogP contribution in [-0.4, -0.2) is 16.2 Å².